The number of halogens is 4. The van der Waals surface area contributed by atoms with Gasteiger partial charge in [0.25, 0.3) is 5.91 Å². The molecule has 4 nitrogen and oxygen atoms in total. The van der Waals surface area contributed by atoms with Crippen LogP contribution >= 0.6 is 12.4 Å². The summed E-state index contributed by atoms with van der Waals surface area (Å²) in [5, 5.41) is 0. The van der Waals surface area contributed by atoms with E-state index in [2.05, 4.69) is 6.58 Å². The van der Waals surface area contributed by atoms with E-state index < -0.39 is 24.1 Å². The van der Waals surface area contributed by atoms with Crippen LogP contribution < -0.4 is 11.3 Å². The quantitative estimate of drug-likeness (QED) is 0.348. The zero-order valence-electron chi connectivity index (χ0n) is 11.7. The number of hydrogen-bond donors (Lipinski definition) is 2. The van der Waals surface area contributed by atoms with Crippen LogP contribution in [0.2, 0.25) is 0 Å². The van der Waals surface area contributed by atoms with E-state index in [1.807, 2.05) is 0 Å². The number of amides is 1. The molecule has 0 saturated heterocycles. The molecule has 0 aliphatic rings. The van der Waals surface area contributed by atoms with Gasteiger partial charge in [-0.1, -0.05) is 36.4 Å². The van der Waals surface area contributed by atoms with Crippen molar-refractivity contribution >= 4 is 18.3 Å². The van der Waals surface area contributed by atoms with Gasteiger partial charge in [-0.15, -0.1) is 19.0 Å². The minimum atomic E-state index is -4.89. The number of benzene rings is 1. The number of ether oxygens (including phenoxy) is 1. The molecule has 0 spiro atoms. The van der Waals surface area contributed by atoms with Crippen molar-refractivity contribution in [3.05, 3.63) is 48.6 Å². The standard InChI is InChI=1S/C14H17F3N2O2.ClH/c1-2-3-9-13(12(20)19-18,14(15,16)17)21-10-11-7-5-4-6-8-11;/h2,4-8H,1,3,9-10,18H2,(H,19,20);1H/t13-;/m1./s1. The van der Waals surface area contributed by atoms with Gasteiger partial charge in [0.15, 0.2) is 0 Å². The Balaban J connectivity index is 0.00000441. The number of alkyl halides is 3. The molecule has 0 aliphatic carbocycles. The summed E-state index contributed by atoms with van der Waals surface area (Å²) in [5.74, 6) is 3.47. The molecular formula is C14H18ClF3N2O2. The minimum Gasteiger partial charge on any atom is -0.352 e. The summed E-state index contributed by atoms with van der Waals surface area (Å²) in [7, 11) is 0. The maximum atomic E-state index is 13.4. The van der Waals surface area contributed by atoms with Crippen LogP contribution in [0.25, 0.3) is 0 Å². The number of carbonyl (C=O) groups excluding carboxylic acids is 1. The fourth-order valence-electron chi connectivity index (χ4n) is 1.81. The summed E-state index contributed by atoms with van der Waals surface area (Å²) in [6, 6.07) is 8.27. The first kappa shape index (κ1) is 20.4. The van der Waals surface area contributed by atoms with E-state index in [1.54, 1.807) is 30.3 Å². The van der Waals surface area contributed by atoms with Gasteiger partial charge in [0, 0.05) is 0 Å². The predicted molar refractivity (Wildman–Crippen MR) is 79.0 cm³/mol. The third-order valence-electron chi connectivity index (χ3n) is 2.98. The highest BCUT2D eigenvalue weighted by atomic mass is 35.5. The number of rotatable bonds is 7. The van der Waals surface area contributed by atoms with Crippen molar-refractivity contribution < 1.29 is 22.7 Å². The second-order valence-corrected chi connectivity index (χ2v) is 4.40. The molecule has 1 aromatic rings. The van der Waals surface area contributed by atoms with E-state index in [9.17, 15) is 18.0 Å². The van der Waals surface area contributed by atoms with E-state index in [-0.39, 0.29) is 25.4 Å². The Hall–Kier alpha value is -1.57. The second kappa shape index (κ2) is 8.77. The van der Waals surface area contributed by atoms with Crippen molar-refractivity contribution in [2.24, 2.45) is 5.84 Å². The number of hydrazine groups is 1. The van der Waals surface area contributed by atoms with Crippen molar-refractivity contribution in [3.8, 4) is 0 Å². The normalized spacial score (nSPS) is 13.6. The number of allylic oxidation sites excluding steroid dienone is 1. The molecular weight excluding hydrogens is 321 g/mol. The van der Waals surface area contributed by atoms with Crippen LogP contribution in [0.3, 0.4) is 0 Å². The molecule has 0 heterocycles. The lowest BCUT2D eigenvalue weighted by atomic mass is 9.95. The molecule has 1 rings (SSSR count). The monoisotopic (exact) mass is 338 g/mol. The Morgan fingerprint density at radius 2 is 1.91 bits per heavy atom. The van der Waals surface area contributed by atoms with E-state index in [0.29, 0.717) is 5.56 Å². The van der Waals surface area contributed by atoms with Crippen LogP contribution in [0.1, 0.15) is 18.4 Å². The lowest BCUT2D eigenvalue weighted by Crippen LogP contribution is -2.60. The van der Waals surface area contributed by atoms with Crippen LogP contribution in [0.4, 0.5) is 13.2 Å². The zero-order valence-corrected chi connectivity index (χ0v) is 12.5. The maximum Gasteiger partial charge on any atom is 0.426 e. The van der Waals surface area contributed by atoms with Gasteiger partial charge in [-0.25, -0.2) is 5.84 Å². The largest absolute Gasteiger partial charge is 0.426 e. The molecule has 124 valence electrons. The molecule has 0 fully saturated rings. The summed E-state index contributed by atoms with van der Waals surface area (Å²) in [5.41, 5.74) is -0.932. The molecule has 1 aromatic carbocycles. The van der Waals surface area contributed by atoms with Crippen LogP contribution in [0.5, 0.6) is 0 Å². The minimum absolute atomic E-state index is 0. The first-order valence-electron chi connectivity index (χ1n) is 6.24. The molecule has 3 N–H and O–H groups in total. The topological polar surface area (TPSA) is 64.3 Å². The van der Waals surface area contributed by atoms with Crippen molar-refractivity contribution in [1.82, 2.24) is 5.43 Å². The van der Waals surface area contributed by atoms with Gasteiger partial charge in [0.05, 0.1) is 6.61 Å². The lowest BCUT2D eigenvalue weighted by molar-refractivity contribution is -0.272. The van der Waals surface area contributed by atoms with Crippen molar-refractivity contribution in [3.63, 3.8) is 0 Å². The first-order valence-corrected chi connectivity index (χ1v) is 6.24. The SMILES string of the molecule is C=CCC[C@@](OCc1ccccc1)(C(=O)NN)C(F)(F)F.Cl. The maximum absolute atomic E-state index is 13.4. The molecule has 0 aromatic heterocycles. The van der Waals surface area contributed by atoms with Crippen LogP contribution in [-0.2, 0) is 16.1 Å². The Kier molecular flexibility index (Phi) is 8.15. The molecule has 0 unspecified atom stereocenters. The highest BCUT2D eigenvalue weighted by Gasteiger charge is 2.61. The third-order valence-corrected chi connectivity index (χ3v) is 2.98. The molecule has 1 amide bonds. The highest BCUT2D eigenvalue weighted by Crippen LogP contribution is 2.38. The van der Waals surface area contributed by atoms with Crippen LogP contribution in [0.15, 0.2) is 43.0 Å². The summed E-state index contributed by atoms with van der Waals surface area (Å²) in [4.78, 5) is 11.7. The Morgan fingerprint density at radius 3 is 2.36 bits per heavy atom. The Bertz CT molecular complexity index is 483. The summed E-state index contributed by atoms with van der Waals surface area (Å²) >= 11 is 0. The smallest absolute Gasteiger partial charge is 0.352 e. The molecule has 0 saturated carbocycles. The molecule has 0 bridgehead atoms. The lowest BCUT2D eigenvalue weighted by Gasteiger charge is -2.33. The van der Waals surface area contributed by atoms with Gasteiger partial charge < -0.3 is 4.74 Å². The Labute approximate surface area is 132 Å². The van der Waals surface area contributed by atoms with Gasteiger partial charge in [0.2, 0.25) is 5.60 Å². The molecule has 0 aliphatic heterocycles. The second-order valence-electron chi connectivity index (χ2n) is 4.40. The van der Waals surface area contributed by atoms with Gasteiger partial charge in [0.1, 0.15) is 0 Å². The van der Waals surface area contributed by atoms with E-state index in [0.717, 1.165) is 0 Å². The van der Waals surface area contributed by atoms with Gasteiger partial charge in [-0.3, -0.25) is 10.2 Å². The fraction of sp³-hybridized carbons (Fsp3) is 0.357. The summed E-state index contributed by atoms with van der Waals surface area (Å²) in [6.45, 7) is 3.01. The zero-order chi connectivity index (χ0) is 15.9. The average Bonchev–Trinajstić information content (AvgIpc) is 2.46. The number of hydrogen-bond acceptors (Lipinski definition) is 3. The van der Waals surface area contributed by atoms with Crippen molar-refractivity contribution in [1.29, 1.82) is 0 Å². The van der Waals surface area contributed by atoms with Crippen molar-refractivity contribution in [2.45, 2.75) is 31.2 Å². The van der Waals surface area contributed by atoms with Crippen LogP contribution in [0, 0.1) is 0 Å². The average molecular weight is 339 g/mol. The van der Waals surface area contributed by atoms with E-state index in [4.69, 9.17) is 10.6 Å². The van der Waals surface area contributed by atoms with E-state index in [1.165, 1.54) is 11.5 Å². The summed E-state index contributed by atoms with van der Waals surface area (Å²) < 4.78 is 45.1. The first-order chi connectivity index (χ1) is 9.87. The molecule has 1 atom stereocenters. The molecule has 22 heavy (non-hydrogen) atoms. The predicted octanol–water partition coefficient (Wildman–Crippen LogP) is 2.88. The number of carbonyl (C=O) groups is 1. The van der Waals surface area contributed by atoms with E-state index >= 15 is 0 Å². The highest BCUT2D eigenvalue weighted by molar-refractivity contribution is 5.86. The molecule has 0 radical (unpaired) electrons. The Morgan fingerprint density at radius 1 is 1.32 bits per heavy atom. The summed E-state index contributed by atoms with van der Waals surface area (Å²) in [6.07, 6.45) is -4.23. The van der Waals surface area contributed by atoms with Gasteiger partial charge in [-0.05, 0) is 18.4 Å². The van der Waals surface area contributed by atoms with Crippen LogP contribution in [-0.4, -0.2) is 17.7 Å². The van der Waals surface area contributed by atoms with Crippen molar-refractivity contribution in [2.75, 3.05) is 0 Å². The van der Waals surface area contributed by atoms with Gasteiger partial charge in [-0.2, -0.15) is 13.2 Å². The van der Waals surface area contributed by atoms with Gasteiger partial charge >= 0.3 is 6.18 Å². The fourth-order valence-corrected chi connectivity index (χ4v) is 1.81. The number of nitrogens with one attached hydrogen (secondary N) is 1. The molecule has 8 heteroatoms. The third kappa shape index (κ3) is 4.72. The number of nitrogens with two attached hydrogens (primary N) is 1.